The predicted octanol–water partition coefficient (Wildman–Crippen LogP) is 2.16. The molecule has 7 heteroatoms. The number of hydrogen-bond donors (Lipinski definition) is 1. The number of aliphatic carboxylic acids is 1. The van der Waals surface area contributed by atoms with Crippen molar-refractivity contribution in [2.24, 2.45) is 0 Å². The summed E-state index contributed by atoms with van der Waals surface area (Å²) in [6.45, 7) is 4.11. The average Bonchev–Trinajstić information content (AvgIpc) is 2.76. The highest BCUT2D eigenvalue weighted by Crippen LogP contribution is 2.31. The van der Waals surface area contributed by atoms with Gasteiger partial charge < -0.3 is 14.7 Å². The number of fused-ring (bicyclic) bond motifs is 1. The number of thiophene rings is 1. The van der Waals surface area contributed by atoms with Gasteiger partial charge in [-0.25, -0.2) is 4.79 Å². The molecule has 1 aromatic rings. The molecule has 0 fully saturated rings. The minimum absolute atomic E-state index is 0.189. The summed E-state index contributed by atoms with van der Waals surface area (Å²) in [5, 5.41) is 8.79. The fourth-order valence-corrected chi connectivity index (χ4v) is 3.46. The average molecular weight is 318 g/mol. The quantitative estimate of drug-likeness (QED) is 0.924. The molecule has 1 aliphatic rings. The van der Waals surface area contributed by atoms with Gasteiger partial charge in [0, 0.05) is 18.0 Å². The van der Waals surface area contributed by atoms with Crippen molar-refractivity contribution < 1.29 is 19.4 Å². The van der Waals surface area contributed by atoms with Gasteiger partial charge in [-0.15, -0.1) is 11.3 Å². The van der Waals surface area contributed by atoms with E-state index in [9.17, 15) is 9.59 Å². The Morgan fingerprint density at radius 1 is 1.45 bits per heavy atom. The van der Waals surface area contributed by atoms with Gasteiger partial charge in [0.05, 0.1) is 4.34 Å². The third-order valence-corrected chi connectivity index (χ3v) is 4.62. The van der Waals surface area contributed by atoms with Crippen LogP contribution in [0.5, 0.6) is 0 Å². The minimum Gasteiger partial charge on any atom is -0.479 e. The lowest BCUT2D eigenvalue weighted by molar-refractivity contribution is -0.159. The molecule has 1 N–H and O–H groups in total. The normalized spacial score (nSPS) is 17.4. The van der Waals surface area contributed by atoms with Crippen molar-refractivity contribution in [3.8, 4) is 0 Å². The Hall–Kier alpha value is -1.11. The van der Waals surface area contributed by atoms with Crippen molar-refractivity contribution in [3.63, 3.8) is 0 Å². The topological polar surface area (TPSA) is 66.8 Å². The van der Waals surface area contributed by atoms with E-state index in [1.165, 1.54) is 11.8 Å². The molecule has 1 aromatic heterocycles. The maximum absolute atomic E-state index is 12.3. The van der Waals surface area contributed by atoms with Gasteiger partial charge in [-0.05, 0) is 31.9 Å². The summed E-state index contributed by atoms with van der Waals surface area (Å²) < 4.78 is 5.94. The van der Waals surface area contributed by atoms with E-state index < -0.39 is 18.2 Å². The molecule has 2 heterocycles. The number of nitrogens with zero attached hydrogens (tertiary/aromatic N) is 1. The Morgan fingerprint density at radius 2 is 2.15 bits per heavy atom. The summed E-state index contributed by atoms with van der Waals surface area (Å²) in [7, 11) is 0. The second-order valence-corrected chi connectivity index (χ2v) is 6.54. The van der Waals surface area contributed by atoms with E-state index >= 15 is 0 Å². The van der Waals surface area contributed by atoms with E-state index in [4.69, 9.17) is 21.4 Å². The lowest BCUT2D eigenvalue weighted by atomic mass is 10.1. The maximum atomic E-state index is 12.3. The standard InChI is InChI=1S/C13H16ClNO4S/c1-7(19-8(2)13(17)18)12(16)15-4-3-10-9(6-15)5-11(14)20-10/h5,7-8H,3-4,6H2,1-2H3,(H,17,18). The molecule has 0 bridgehead atoms. The highest BCUT2D eigenvalue weighted by Gasteiger charge is 2.28. The Morgan fingerprint density at radius 3 is 2.80 bits per heavy atom. The zero-order valence-corrected chi connectivity index (χ0v) is 12.8. The molecule has 20 heavy (non-hydrogen) atoms. The van der Waals surface area contributed by atoms with Crippen molar-refractivity contribution in [2.75, 3.05) is 6.54 Å². The summed E-state index contributed by atoms with van der Waals surface area (Å²) in [6, 6.07) is 1.88. The molecule has 0 aliphatic carbocycles. The summed E-state index contributed by atoms with van der Waals surface area (Å²) in [5.41, 5.74) is 1.07. The van der Waals surface area contributed by atoms with Crippen molar-refractivity contribution >= 4 is 34.8 Å². The number of amides is 1. The third kappa shape index (κ3) is 3.31. The number of carbonyl (C=O) groups excluding carboxylic acids is 1. The number of carboxylic acids is 1. The van der Waals surface area contributed by atoms with E-state index in [2.05, 4.69) is 0 Å². The summed E-state index contributed by atoms with van der Waals surface area (Å²) >= 11 is 7.51. The van der Waals surface area contributed by atoms with Crippen LogP contribution in [0.1, 0.15) is 24.3 Å². The second kappa shape index (κ2) is 6.11. The second-order valence-electron chi connectivity index (χ2n) is 4.77. The zero-order valence-electron chi connectivity index (χ0n) is 11.3. The van der Waals surface area contributed by atoms with E-state index in [0.717, 1.165) is 16.3 Å². The van der Waals surface area contributed by atoms with Crippen LogP contribution in [0.2, 0.25) is 4.34 Å². The Balaban J connectivity index is 1.98. The first kappa shape index (κ1) is 15.3. The molecule has 2 unspecified atom stereocenters. The number of hydrogen-bond acceptors (Lipinski definition) is 4. The molecule has 1 aliphatic heterocycles. The molecule has 0 aromatic carbocycles. The first-order valence-electron chi connectivity index (χ1n) is 6.32. The third-order valence-electron chi connectivity index (χ3n) is 3.25. The van der Waals surface area contributed by atoms with Crippen molar-refractivity contribution in [1.82, 2.24) is 4.90 Å². The molecule has 0 radical (unpaired) electrons. The minimum atomic E-state index is -1.07. The highest BCUT2D eigenvalue weighted by atomic mass is 35.5. The SMILES string of the molecule is CC(OC(C)C(=O)N1CCc2sc(Cl)cc2C1)C(=O)O. The Labute approximate surface area is 126 Å². The molecule has 2 atom stereocenters. The van der Waals surface area contributed by atoms with E-state index in [0.29, 0.717) is 13.1 Å². The van der Waals surface area contributed by atoms with Gasteiger partial charge in [-0.1, -0.05) is 11.6 Å². The molecule has 2 rings (SSSR count). The van der Waals surface area contributed by atoms with Gasteiger partial charge in [0.15, 0.2) is 6.10 Å². The van der Waals surface area contributed by atoms with Crippen LogP contribution in [-0.4, -0.2) is 40.6 Å². The molecule has 0 saturated heterocycles. The molecule has 0 spiro atoms. The van der Waals surface area contributed by atoms with Crippen LogP contribution in [0.4, 0.5) is 0 Å². The van der Waals surface area contributed by atoms with Crippen LogP contribution in [0.3, 0.4) is 0 Å². The lowest BCUT2D eigenvalue weighted by Gasteiger charge is -2.29. The van der Waals surface area contributed by atoms with E-state index in [1.54, 1.807) is 23.2 Å². The van der Waals surface area contributed by atoms with Crippen LogP contribution in [0.15, 0.2) is 6.07 Å². The number of carbonyl (C=O) groups is 2. The monoisotopic (exact) mass is 317 g/mol. The number of ether oxygens (including phenoxy) is 1. The molecule has 0 saturated carbocycles. The smallest absolute Gasteiger partial charge is 0.332 e. The van der Waals surface area contributed by atoms with Crippen LogP contribution >= 0.6 is 22.9 Å². The molecule has 1 amide bonds. The Bertz CT molecular complexity index is 530. The van der Waals surface area contributed by atoms with Gasteiger partial charge in [0.2, 0.25) is 0 Å². The first-order valence-corrected chi connectivity index (χ1v) is 7.52. The van der Waals surface area contributed by atoms with Gasteiger partial charge in [0.25, 0.3) is 5.91 Å². The summed E-state index contributed by atoms with van der Waals surface area (Å²) in [4.78, 5) is 25.9. The van der Waals surface area contributed by atoms with Gasteiger partial charge in [-0.3, -0.25) is 4.79 Å². The van der Waals surface area contributed by atoms with Crippen molar-refractivity contribution in [3.05, 3.63) is 20.8 Å². The van der Waals surface area contributed by atoms with Gasteiger partial charge in [-0.2, -0.15) is 0 Å². The summed E-state index contributed by atoms with van der Waals surface area (Å²) in [5.74, 6) is -1.26. The predicted molar refractivity (Wildman–Crippen MR) is 76.1 cm³/mol. The molecular weight excluding hydrogens is 302 g/mol. The van der Waals surface area contributed by atoms with E-state index in [1.807, 2.05) is 6.07 Å². The van der Waals surface area contributed by atoms with Gasteiger partial charge >= 0.3 is 5.97 Å². The summed E-state index contributed by atoms with van der Waals surface area (Å²) in [6.07, 6.45) is -0.985. The van der Waals surface area contributed by atoms with Crippen LogP contribution < -0.4 is 0 Å². The van der Waals surface area contributed by atoms with Crippen LogP contribution in [0.25, 0.3) is 0 Å². The van der Waals surface area contributed by atoms with Crippen molar-refractivity contribution in [2.45, 2.75) is 39.0 Å². The zero-order chi connectivity index (χ0) is 14.9. The highest BCUT2D eigenvalue weighted by molar-refractivity contribution is 7.16. The number of carboxylic acid groups (broad SMARTS) is 1. The number of halogens is 1. The molecular formula is C13H16ClNO4S. The molecule has 110 valence electrons. The van der Waals surface area contributed by atoms with Crippen molar-refractivity contribution in [1.29, 1.82) is 0 Å². The fraction of sp³-hybridized carbons (Fsp3) is 0.538. The Kier molecular flexibility index (Phi) is 4.67. The first-order chi connectivity index (χ1) is 9.38. The fourth-order valence-electron chi connectivity index (χ4n) is 2.16. The maximum Gasteiger partial charge on any atom is 0.332 e. The lowest BCUT2D eigenvalue weighted by Crippen LogP contribution is -2.43. The van der Waals surface area contributed by atoms with E-state index in [-0.39, 0.29) is 5.91 Å². The molecule has 5 nitrogen and oxygen atoms in total. The van der Waals surface area contributed by atoms with Crippen LogP contribution in [0, 0.1) is 0 Å². The van der Waals surface area contributed by atoms with Gasteiger partial charge in [0.1, 0.15) is 6.10 Å². The van der Waals surface area contributed by atoms with Crippen LogP contribution in [-0.2, 0) is 27.3 Å². The largest absolute Gasteiger partial charge is 0.479 e. The number of rotatable bonds is 4.